The van der Waals surface area contributed by atoms with Crippen LogP contribution in [0.3, 0.4) is 0 Å². The summed E-state index contributed by atoms with van der Waals surface area (Å²) in [5.41, 5.74) is 4.84. The summed E-state index contributed by atoms with van der Waals surface area (Å²) in [7, 11) is 2.02. The summed E-state index contributed by atoms with van der Waals surface area (Å²) in [4.78, 5) is 34.7. The second-order valence-corrected chi connectivity index (χ2v) is 8.48. The maximum Gasteiger partial charge on any atom is 0.257 e. The molecule has 7 heteroatoms. The molecule has 0 saturated carbocycles. The van der Waals surface area contributed by atoms with Gasteiger partial charge >= 0.3 is 0 Å². The minimum atomic E-state index is -0.272. The average molecular weight is 438 g/mol. The fourth-order valence-electron chi connectivity index (χ4n) is 5.24. The number of aromatic nitrogens is 2. The van der Waals surface area contributed by atoms with Gasteiger partial charge in [0.1, 0.15) is 18.5 Å². The molecule has 1 unspecified atom stereocenters. The second kappa shape index (κ2) is 7.48. The number of fused-ring (bicyclic) bond motifs is 6. The van der Waals surface area contributed by atoms with Gasteiger partial charge in [0, 0.05) is 30.7 Å². The van der Waals surface area contributed by atoms with Crippen molar-refractivity contribution < 1.29 is 9.59 Å². The van der Waals surface area contributed by atoms with Crippen LogP contribution in [0.2, 0.25) is 0 Å². The van der Waals surface area contributed by atoms with Crippen molar-refractivity contribution in [3.05, 3.63) is 89.7 Å². The Kier molecular flexibility index (Phi) is 4.43. The van der Waals surface area contributed by atoms with Gasteiger partial charge in [0.15, 0.2) is 0 Å². The van der Waals surface area contributed by atoms with Crippen molar-refractivity contribution in [2.45, 2.75) is 19.1 Å². The van der Waals surface area contributed by atoms with Gasteiger partial charge in [-0.2, -0.15) is 0 Å². The van der Waals surface area contributed by atoms with E-state index in [-0.39, 0.29) is 24.5 Å². The van der Waals surface area contributed by atoms with E-state index in [4.69, 9.17) is 0 Å². The first kappa shape index (κ1) is 19.5. The number of amides is 2. The van der Waals surface area contributed by atoms with Crippen LogP contribution in [0.4, 0.5) is 11.5 Å². The third kappa shape index (κ3) is 3.00. The summed E-state index contributed by atoms with van der Waals surface area (Å²) in [6.07, 6.45) is 2.13. The van der Waals surface area contributed by atoms with Gasteiger partial charge in [0.25, 0.3) is 5.91 Å². The number of para-hydroxylation sites is 2. The highest BCUT2D eigenvalue weighted by atomic mass is 16.2. The Bertz CT molecular complexity index is 1390. The van der Waals surface area contributed by atoms with Crippen molar-refractivity contribution in [3.8, 4) is 0 Å². The maximum atomic E-state index is 13.4. The monoisotopic (exact) mass is 437 g/mol. The number of nitrogens with one attached hydrogen (secondary N) is 1. The molecular weight excluding hydrogens is 414 g/mol. The van der Waals surface area contributed by atoms with E-state index in [9.17, 15) is 9.59 Å². The van der Waals surface area contributed by atoms with E-state index < -0.39 is 0 Å². The van der Waals surface area contributed by atoms with Crippen LogP contribution >= 0.6 is 0 Å². The second-order valence-electron chi connectivity index (χ2n) is 8.48. The Balaban J connectivity index is 1.48. The standard InChI is InChI=1S/C26H23N5O2/c1-29-20-10-4-3-9-19(20)26(33)30-15-13-18-17-8-2-5-11-21(17)31(24(18)25(29)30)16-23(32)28-22-12-6-7-14-27-22/h2-12,14,25H,13,15-16H2,1H3,(H,27,28,32). The Labute approximate surface area is 191 Å². The Morgan fingerprint density at radius 2 is 1.85 bits per heavy atom. The average Bonchev–Trinajstić information content (AvgIpc) is 3.16. The van der Waals surface area contributed by atoms with Crippen LogP contribution in [0.25, 0.3) is 10.9 Å². The Morgan fingerprint density at radius 1 is 1.06 bits per heavy atom. The van der Waals surface area contributed by atoms with Crippen LogP contribution in [0.5, 0.6) is 0 Å². The van der Waals surface area contributed by atoms with Crippen LogP contribution in [-0.2, 0) is 17.8 Å². The van der Waals surface area contributed by atoms with Gasteiger partial charge in [0.2, 0.25) is 5.91 Å². The van der Waals surface area contributed by atoms with E-state index in [2.05, 4.69) is 25.8 Å². The third-order valence-corrected chi connectivity index (χ3v) is 6.64. The molecule has 2 aliphatic rings. The molecule has 0 radical (unpaired) electrons. The summed E-state index contributed by atoms with van der Waals surface area (Å²) in [6.45, 7) is 0.781. The fourth-order valence-corrected chi connectivity index (χ4v) is 5.24. The van der Waals surface area contributed by atoms with Crippen molar-refractivity contribution in [2.75, 3.05) is 23.8 Å². The van der Waals surface area contributed by atoms with E-state index in [1.54, 1.807) is 12.3 Å². The molecule has 33 heavy (non-hydrogen) atoms. The zero-order valence-corrected chi connectivity index (χ0v) is 18.2. The largest absolute Gasteiger partial charge is 0.349 e. The molecule has 164 valence electrons. The predicted octanol–water partition coefficient (Wildman–Crippen LogP) is 3.82. The molecule has 6 rings (SSSR count). The summed E-state index contributed by atoms with van der Waals surface area (Å²) >= 11 is 0. The van der Waals surface area contributed by atoms with Gasteiger partial charge in [-0.25, -0.2) is 4.98 Å². The summed E-state index contributed by atoms with van der Waals surface area (Å²) in [5.74, 6) is 0.405. The molecular formula is C26H23N5O2. The normalized spacial score (nSPS) is 16.9. The molecule has 7 nitrogen and oxygen atoms in total. The van der Waals surface area contributed by atoms with Crippen LogP contribution < -0.4 is 10.2 Å². The van der Waals surface area contributed by atoms with E-state index in [0.717, 1.165) is 34.3 Å². The van der Waals surface area contributed by atoms with Crippen LogP contribution in [0.15, 0.2) is 72.9 Å². The summed E-state index contributed by atoms with van der Waals surface area (Å²) in [6, 6.07) is 21.3. The zero-order valence-electron chi connectivity index (χ0n) is 18.2. The molecule has 1 N–H and O–H groups in total. The number of carbonyl (C=O) groups is 2. The predicted molar refractivity (Wildman–Crippen MR) is 127 cm³/mol. The van der Waals surface area contributed by atoms with E-state index in [1.807, 2.05) is 66.5 Å². The van der Waals surface area contributed by atoms with Gasteiger partial charge in [-0.15, -0.1) is 0 Å². The van der Waals surface area contributed by atoms with Gasteiger partial charge in [-0.3, -0.25) is 9.59 Å². The maximum absolute atomic E-state index is 13.4. The van der Waals surface area contributed by atoms with Crippen molar-refractivity contribution in [2.24, 2.45) is 0 Å². The number of carbonyl (C=O) groups excluding carboxylic acids is 2. The topological polar surface area (TPSA) is 70.5 Å². The minimum Gasteiger partial charge on any atom is -0.349 e. The highest BCUT2D eigenvalue weighted by molar-refractivity contribution is 6.03. The van der Waals surface area contributed by atoms with Gasteiger partial charge in [-0.1, -0.05) is 36.4 Å². The molecule has 0 spiro atoms. The lowest BCUT2D eigenvalue weighted by atomic mass is 9.96. The molecule has 2 amide bonds. The fraction of sp³-hybridized carbons (Fsp3) is 0.192. The lowest BCUT2D eigenvalue weighted by Crippen LogP contribution is -2.51. The minimum absolute atomic E-state index is 0.0362. The first-order chi connectivity index (χ1) is 16.1. The smallest absolute Gasteiger partial charge is 0.257 e. The number of rotatable bonds is 3. The molecule has 0 fully saturated rings. The van der Waals surface area contributed by atoms with Gasteiger partial charge in [-0.05, 0) is 42.3 Å². The number of benzene rings is 2. The molecule has 0 aliphatic carbocycles. The number of pyridine rings is 1. The summed E-state index contributed by atoms with van der Waals surface area (Å²) < 4.78 is 2.07. The van der Waals surface area contributed by atoms with Crippen LogP contribution in [-0.4, -0.2) is 39.9 Å². The van der Waals surface area contributed by atoms with Gasteiger partial charge < -0.3 is 19.7 Å². The van der Waals surface area contributed by atoms with Crippen LogP contribution in [0.1, 0.15) is 27.8 Å². The van der Waals surface area contributed by atoms with Crippen molar-refractivity contribution in [1.29, 1.82) is 0 Å². The molecule has 0 bridgehead atoms. The van der Waals surface area contributed by atoms with Gasteiger partial charge in [0.05, 0.1) is 16.9 Å². The number of anilines is 2. The van der Waals surface area contributed by atoms with Crippen LogP contribution in [0, 0.1) is 0 Å². The Morgan fingerprint density at radius 3 is 2.70 bits per heavy atom. The SMILES string of the molecule is CN1c2ccccc2C(=O)N2CCc3c(n(CC(=O)Nc4ccccn4)c4ccccc34)C21. The lowest BCUT2D eigenvalue weighted by Gasteiger charge is -2.46. The molecule has 2 aliphatic heterocycles. The number of hydrogen-bond acceptors (Lipinski definition) is 4. The molecule has 2 aromatic heterocycles. The Hall–Kier alpha value is -4.13. The highest BCUT2D eigenvalue weighted by Crippen LogP contribution is 2.44. The zero-order chi connectivity index (χ0) is 22.5. The molecule has 4 aromatic rings. The van der Waals surface area contributed by atoms with Crippen molar-refractivity contribution >= 4 is 34.2 Å². The number of hydrogen-bond donors (Lipinski definition) is 1. The first-order valence-corrected chi connectivity index (χ1v) is 11.1. The molecule has 1 atom stereocenters. The number of nitrogens with zero attached hydrogens (tertiary/aromatic N) is 4. The highest BCUT2D eigenvalue weighted by Gasteiger charge is 2.42. The lowest BCUT2D eigenvalue weighted by molar-refractivity contribution is -0.116. The first-order valence-electron chi connectivity index (χ1n) is 11.1. The molecule has 4 heterocycles. The van der Waals surface area contributed by atoms with E-state index in [1.165, 1.54) is 5.56 Å². The van der Waals surface area contributed by atoms with Crippen molar-refractivity contribution in [3.63, 3.8) is 0 Å². The quantitative estimate of drug-likeness (QED) is 0.529. The third-order valence-electron chi connectivity index (χ3n) is 6.64. The summed E-state index contributed by atoms with van der Waals surface area (Å²) in [5, 5.41) is 4.03. The molecule has 2 aromatic carbocycles. The van der Waals surface area contributed by atoms with E-state index in [0.29, 0.717) is 12.4 Å². The van der Waals surface area contributed by atoms with E-state index >= 15 is 0 Å². The molecule has 0 saturated heterocycles. The van der Waals surface area contributed by atoms with Crippen molar-refractivity contribution in [1.82, 2.24) is 14.5 Å².